The Morgan fingerprint density at radius 3 is 1.53 bits per heavy atom. The van der Waals surface area contributed by atoms with E-state index in [1.165, 1.54) is 50.2 Å². The Hall–Kier alpha value is -4.68. The maximum absolute atomic E-state index is 13.1. The number of ether oxygens (including phenoxy) is 3. The summed E-state index contributed by atoms with van der Waals surface area (Å²) in [5, 5.41) is 0. The Balaban J connectivity index is 0.000000294. The highest BCUT2D eigenvalue weighted by molar-refractivity contribution is 6.07. The van der Waals surface area contributed by atoms with E-state index in [-0.39, 0.29) is 35.9 Å². The maximum atomic E-state index is 13.1. The van der Waals surface area contributed by atoms with Crippen molar-refractivity contribution in [3.63, 3.8) is 0 Å². The van der Waals surface area contributed by atoms with Gasteiger partial charge in [-0.05, 0) is 104 Å². The molecule has 2 aliphatic heterocycles. The summed E-state index contributed by atoms with van der Waals surface area (Å²) in [6.45, 7) is 15.3. The number of carbonyl (C=O) groups is 6. The molecule has 0 aromatic heterocycles. The summed E-state index contributed by atoms with van der Waals surface area (Å²) in [6, 6.07) is 10.4. The fourth-order valence-corrected chi connectivity index (χ4v) is 5.02. The van der Waals surface area contributed by atoms with E-state index in [0.717, 1.165) is 15.4 Å². The highest BCUT2D eigenvalue weighted by atomic mass is 19.1. The minimum atomic E-state index is -0.877. The Kier molecular flexibility index (Phi) is 14.1. The predicted octanol–water partition coefficient (Wildman–Crippen LogP) is 7.23. The van der Waals surface area contributed by atoms with Gasteiger partial charge in [0.05, 0.1) is 24.6 Å². The second kappa shape index (κ2) is 17.1. The van der Waals surface area contributed by atoms with E-state index >= 15 is 0 Å². The lowest BCUT2D eigenvalue weighted by molar-refractivity contribution is -0.140. The fourth-order valence-electron chi connectivity index (χ4n) is 5.02. The smallest absolute Gasteiger partial charge is 0.417 e. The first-order chi connectivity index (χ1) is 22.6. The number of halogens is 2. The lowest BCUT2D eigenvalue weighted by Gasteiger charge is -2.27. The van der Waals surface area contributed by atoms with Crippen LogP contribution in [0.25, 0.3) is 0 Å². The number of hydrogen-bond acceptors (Lipinski definition) is 9. The number of esters is 1. The van der Waals surface area contributed by atoms with Gasteiger partial charge in [0.1, 0.15) is 28.6 Å². The summed E-state index contributed by atoms with van der Waals surface area (Å²) < 4.78 is 41.0. The minimum Gasteiger partial charge on any atom is -0.466 e. The van der Waals surface area contributed by atoms with Crippen molar-refractivity contribution in [3.8, 4) is 0 Å². The molecule has 0 saturated carbocycles. The van der Waals surface area contributed by atoms with Gasteiger partial charge in [0.15, 0.2) is 0 Å². The molecule has 2 aromatic carbocycles. The molecule has 4 rings (SSSR count). The summed E-state index contributed by atoms with van der Waals surface area (Å²) >= 11 is 0. The van der Waals surface area contributed by atoms with E-state index in [0.29, 0.717) is 25.0 Å². The number of Topliss-reactive ketones (excluding diaryl/α,β-unsaturated/α-hetero) is 1. The van der Waals surface area contributed by atoms with Gasteiger partial charge in [-0.25, -0.2) is 28.2 Å². The zero-order valence-electron chi connectivity index (χ0n) is 29.5. The van der Waals surface area contributed by atoms with Gasteiger partial charge in [-0.3, -0.25) is 19.2 Å². The highest BCUT2D eigenvalue weighted by Gasteiger charge is 2.47. The molecule has 4 amide bonds. The number of ketones is 1. The van der Waals surface area contributed by atoms with Crippen LogP contribution in [0, 0.1) is 17.6 Å². The quantitative estimate of drug-likeness (QED) is 0.185. The Labute approximate surface area is 285 Å². The van der Waals surface area contributed by atoms with Crippen molar-refractivity contribution >= 4 is 35.8 Å². The molecule has 2 aliphatic rings. The number of amides is 4. The third-order valence-electron chi connectivity index (χ3n) is 7.05. The van der Waals surface area contributed by atoms with Gasteiger partial charge >= 0.3 is 18.2 Å². The van der Waals surface area contributed by atoms with Crippen molar-refractivity contribution in [1.29, 1.82) is 0 Å². The number of rotatable bonds is 4. The van der Waals surface area contributed by atoms with E-state index in [2.05, 4.69) is 4.74 Å². The van der Waals surface area contributed by atoms with Crippen LogP contribution >= 0.6 is 0 Å². The first-order valence-corrected chi connectivity index (χ1v) is 15.9. The molecule has 268 valence electrons. The second-order valence-electron chi connectivity index (χ2n) is 13.4. The maximum Gasteiger partial charge on any atom is 0.417 e. The number of imide groups is 2. The molecule has 2 saturated heterocycles. The summed E-state index contributed by atoms with van der Waals surface area (Å²) in [5.74, 6) is -2.97. The lowest BCUT2D eigenvalue weighted by Crippen LogP contribution is -2.40. The third-order valence-corrected chi connectivity index (χ3v) is 7.05. The van der Waals surface area contributed by atoms with Gasteiger partial charge in [-0.15, -0.1) is 0 Å². The topological polar surface area (TPSA) is 137 Å². The molecule has 0 N–H and O–H groups in total. The van der Waals surface area contributed by atoms with Crippen molar-refractivity contribution < 1.29 is 51.8 Å². The van der Waals surface area contributed by atoms with E-state index < -0.39 is 47.1 Å². The zero-order valence-corrected chi connectivity index (χ0v) is 29.5. The summed E-state index contributed by atoms with van der Waals surface area (Å²) in [7, 11) is 0. The SMILES string of the molecule is CC(=O)C1C[C@@H](c2ccc(F)cc2)N(C(=O)OC(C)(C)C)C1=O.CC(C)(C)OC(=O)N1C(=O)CC[C@H]1c1ccc(F)cc1.CCOC(C)=O. The molecule has 11 nitrogen and oxygen atoms in total. The molecule has 0 radical (unpaired) electrons. The van der Waals surface area contributed by atoms with E-state index in [9.17, 15) is 37.5 Å². The van der Waals surface area contributed by atoms with Crippen LogP contribution in [0.15, 0.2) is 48.5 Å². The van der Waals surface area contributed by atoms with Crippen LogP contribution in [0.4, 0.5) is 18.4 Å². The van der Waals surface area contributed by atoms with Gasteiger partial charge < -0.3 is 14.2 Å². The summed E-state index contributed by atoms with van der Waals surface area (Å²) in [5.41, 5.74) is -0.0933. The average molecular weight is 689 g/mol. The van der Waals surface area contributed by atoms with Crippen molar-refractivity contribution in [2.75, 3.05) is 6.61 Å². The predicted molar refractivity (Wildman–Crippen MR) is 175 cm³/mol. The molecule has 0 bridgehead atoms. The third kappa shape index (κ3) is 12.4. The first-order valence-electron chi connectivity index (χ1n) is 15.9. The van der Waals surface area contributed by atoms with Gasteiger partial charge in [0.25, 0.3) is 0 Å². The Morgan fingerprint density at radius 2 is 1.16 bits per heavy atom. The Bertz CT molecular complexity index is 1500. The van der Waals surface area contributed by atoms with Crippen LogP contribution in [-0.2, 0) is 33.4 Å². The minimum absolute atomic E-state index is 0.180. The lowest BCUT2D eigenvalue weighted by atomic mass is 9.97. The number of hydrogen-bond donors (Lipinski definition) is 0. The van der Waals surface area contributed by atoms with E-state index in [1.54, 1.807) is 60.6 Å². The second-order valence-corrected chi connectivity index (χ2v) is 13.4. The van der Waals surface area contributed by atoms with Gasteiger partial charge in [0.2, 0.25) is 11.8 Å². The standard InChI is InChI=1S/C17H20FNO4.C15H18FNO3.C4H8O2/c1-10(20)13-9-14(11-5-7-12(18)8-6-11)19(15(13)21)16(22)23-17(2,3)4;1-15(2,3)20-14(19)17-12(8-9-13(17)18)10-4-6-11(16)7-5-10;1-3-6-4(2)5/h5-8,13-14H,9H2,1-4H3;4-7,12H,8-9H2,1-3H3;3H2,1-2H3/t13?,14-;12-;/m00./s1. The van der Waals surface area contributed by atoms with Gasteiger partial charge in [-0.2, -0.15) is 0 Å². The molecule has 2 fully saturated rings. The normalized spacial score (nSPS) is 18.9. The summed E-state index contributed by atoms with van der Waals surface area (Å²) in [4.78, 5) is 72.5. The van der Waals surface area contributed by atoms with Crippen LogP contribution < -0.4 is 0 Å². The number of nitrogens with zero attached hydrogens (tertiary/aromatic N) is 2. The number of likely N-dealkylation sites (tertiary alicyclic amines) is 2. The van der Waals surface area contributed by atoms with Gasteiger partial charge in [-0.1, -0.05) is 24.3 Å². The van der Waals surface area contributed by atoms with E-state index in [4.69, 9.17) is 9.47 Å². The molecular weight excluding hydrogens is 642 g/mol. The van der Waals surface area contributed by atoms with Crippen molar-refractivity contribution in [3.05, 3.63) is 71.3 Å². The molecule has 0 aliphatic carbocycles. The van der Waals surface area contributed by atoms with Gasteiger partial charge in [0, 0.05) is 13.3 Å². The molecule has 3 atom stereocenters. The zero-order chi connectivity index (χ0) is 37.3. The van der Waals surface area contributed by atoms with E-state index in [1.807, 2.05) is 0 Å². The molecule has 13 heteroatoms. The van der Waals surface area contributed by atoms with Crippen LogP contribution in [0.2, 0.25) is 0 Å². The number of benzene rings is 2. The fraction of sp³-hybridized carbons (Fsp3) is 0.500. The summed E-state index contributed by atoms with van der Waals surface area (Å²) in [6.07, 6.45) is -0.431. The molecule has 1 unspecified atom stereocenters. The van der Waals surface area contributed by atoms with Crippen molar-refractivity contribution in [1.82, 2.24) is 9.80 Å². The largest absolute Gasteiger partial charge is 0.466 e. The average Bonchev–Trinajstić information content (AvgIpc) is 3.53. The van der Waals surface area contributed by atoms with Crippen LogP contribution in [0.1, 0.15) is 105 Å². The van der Waals surface area contributed by atoms with Crippen LogP contribution in [-0.4, -0.2) is 63.4 Å². The highest BCUT2D eigenvalue weighted by Crippen LogP contribution is 2.38. The van der Waals surface area contributed by atoms with Crippen LogP contribution in [0.3, 0.4) is 0 Å². The van der Waals surface area contributed by atoms with Crippen LogP contribution in [0.5, 0.6) is 0 Å². The molecule has 49 heavy (non-hydrogen) atoms. The molecular formula is C36H46F2N2O9. The first kappa shape index (κ1) is 40.5. The monoisotopic (exact) mass is 688 g/mol. The molecule has 0 spiro atoms. The molecule has 2 heterocycles. The van der Waals surface area contributed by atoms with Crippen molar-refractivity contribution in [2.45, 2.75) is 105 Å². The number of carbonyl (C=O) groups excluding carboxylic acids is 6. The van der Waals surface area contributed by atoms with Crippen molar-refractivity contribution in [2.24, 2.45) is 5.92 Å². The molecule has 2 aromatic rings. The Morgan fingerprint density at radius 1 is 0.735 bits per heavy atom.